The number of aliphatic hydroxyl groups excluding tert-OH is 1. The summed E-state index contributed by atoms with van der Waals surface area (Å²) in [6, 6.07) is -0.338. The molecule has 0 aromatic heterocycles. The molecule has 1 rings (SSSR count). The number of aliphatic hydroxyl groups is 1. The maximum atomic E-state index is 11.2. The fourth-order valence-corrected chi connectivity index (χ4v) is 2.48. The maximum absolute atomic E-state index is 11.2. The average Bonchev–Trinajstić information content (AvgIpc) is 2.32. The van der Waals surface area contributed by atoms with E-state index in [2.05, 4.69) is 9.44 Å². The van der Waals surface area contributed by atoms with Crippen molar-refractivity contribution in [1.82, 2.24) is 9.44 Å². The summed E-state index contributed by atoms with van der Waals surface area (Å²) in [7, 11) is -2.08. The number of hydrogen-bond acceptors (Lipinski definition) is 3. The molecule has 0 aliphatic heterocycles. The van der Waals surface area contributed by atoms with Crippen molar-refractivity contribution < 1.29 is 13.5 Å². The van der Waals surface area contributed by atoms with Gasteiger partial charge in [-0.1, -0.05) is 19.3 Å². The lowest BCUT2D eigenvalue weighted by Gasteiger charge is -2.20. The van der Waals surface area contributed by atoms with Crippen molar-refractivity contribution in [2.45, 2.75) is 44.2 Å². The van der Waals surface area contributed by atoms with Crippen LogP contribution in [0.25, 0.3) is 0 Å². The highest BCUT2D eigenvalue weighted by Crippen LogP contribution is 2.18. The van der Waals surface area contributed by atoms with Gasteiger partial charge in [0.2, 0.25) is 0 Å². The molecule has 0 amide bonds. The Kier molecular flexibility index (Phi) is 4.31. The topological polar surface area (TPSA) is 78.4 Å². The summed E-state index contributed by atoms with van der Waals surface area (Å²) in [5.41, 5.74) is 0. The lowest BCUT2D eigenvalue weighted by Crippen LogP contribution is -2.46. The van der Waals surface area contributed by atoms with Crippen LogP contribution in [0.2, 0.25) is 0 Å². The standard InChI is InChI=1S/C8H18N2O3S/c1-9-14(12,13)10-7-5-3-2-4-6-8(7)11/h7-11H,2-6H2,1H3. The Hall–Kier alpha value is -0.170. The molecule has 0 saturated heterocycles. The third-order valence-corrected chi connectivity index (χ3v) is 3.71. The predicted octanol–water partition coefficient (Wildman–Crippen LogP) is -0.266. The Labute approximate surface area is 85.1 Å². The van der Waals surface area contributed by atoms with Gasteiger partial charge in [0.1, 0.15) is 0 Å². The van der Waals surface area contributed by atoms with E-state index in [1.807, 2.05) is 0 Å². The SMILES string of the molecule is CNS(=O)(=O)NC1CCCCCC1O. The van der Waals surface area contributed by atoms with E-state index >= 15 is 0 Å². The third kappa shape index (κ3) is 3.53. The van der Waals surface area contributed by atoms with Crippen LogP contribution >= 0.6 is 0 Å². The minimum Gasteiger partial charge on any atom is -0.391 e. The Morgan fingerprint density at radius 3 is 2.50 bits per heavy atom. The molecular formula is C8H18N2O3S. The molecule has 14 heavy (non-hydrogen) atoms. The minimum atomic E-state index is -3.43. The first-order chi connectivity index (χ1) is 6.55. The number of rotatable bonds is 3. The molecule has 6 heteroatoms. The van der Waals surface area contributed by atoms with Crippen molar-refractivity contribution in [3.05, 3.63) is 0 Å². The van der Waals surface area contributed by atoms with E-state index < -0.39 is 16.3 Å². The molecule has 2 atom stereocenters. The highest BCUT2D eigenvalue weighted by molar-refractivity contribution is 7.87. The van der Waals surface area contributed by atoms with E-state index in [9.17, 15) is 13.5 Å². The normalized spacial score (nSPS) is 29.9. The van der Waals surface area contributed by atoms with E-state index in [1.165, 1.54) is 7.05 Å². The monoisotopic (exact) mass is 222 g/mol. The molecule has 0 bridgehead atoms. The van der Waals surface area contributed by atoms with Gasteiger partial charge in [0.25, 0.3) is 10.2 Å². The fourth-order valence-electron chi connectivity index (χ4n) is 1.68. The molecule has 1 saturated carbocycles. The Balaban J connectivity index is 2.57. The van der Waals surface area contributed by atoms with E-state index in [1.54, 1.807) is 0 Å². The summed E-state index contributed by atoms with van der Waals surface area (Å²) >= 11 is 0. The largest absolute Gasteiger partial charge is 0.391 e. The van der Waals surface area contributed by atoms with Gasteiger partial charge in [-0.05, 0) is 12.8 Å². The summed E-state index contributed by atoms with van der Waals surface area (Å²) in [5, 5.41) is 9.65. The molecule has 0 radical (unpaired) electrons. The molecule has 0 heterocycles. The van der Waals surface area contributed by atoms with Crippen molar-refractivity contribution in [3.8, 4) is 0 Å². The van der Waals surface area contributed by atoms with Crippen molar-refractivity contribution in [3.63, 3.8) is 0 Å². The van der Waals surface area contributed by atoms with Gasteiger partial charge >= 0.3 is 0 Å². The lowest BCUT2D eigenvalue weighted by atomic mass is 10.1. The van der Waals surface area contributed by atoms with E-state index in [-0.39, 0.29) is 6.04 Å². The summed E-state index contributed by atoms with van der Waals surface area (Å²) < 4.78 is 27.0. The third-order valence-electron chi connectivity index (χ3n) is 2.55. The van der Waals surface area contributed by atoms with E-state index in [4.69, 9.17) is 0 Å². The predicted molar refractivity (Wildman–Crippen MR) is 54.0 cm³/mol. The molecule has 84 valence electrons. The Morgan fingerprint density at radius 1 is 1.21 bits per heavy atom. The second kappa shape index (κ2) is 5.06. The first kappa shape index (κ1) is 11.9. The summed E-state index contributed by atoms with van der Waals surface area (Å²) in [4.78, 5) is 0. The highest BCUT2D eigenvalue weighted by Gasteiger charge is 2.25. The molecule has 5 nitrogen and oxygen atoms in total. The number of hydrogen-bond donors (Lipinski definition) is 3. The van der Waals surface area contributed by atoms with Crippen LogP contribution in [0.15, 0.2) is 0 Å². The molecule has 1 fully saturated rings. The molecule has 2 unspecified atom stereocenters. The van der Waals surface area contributed by atoms with Crippen LogP contribution in [0, 0.1) is 0 Å². The maximum Gasteiger partial charge on any atom is 0.276 e. The van der Waals surface area contributed by atoms with E-state index in [0.717, 1.165) is 19.3 Å². The van der Waals surface area contributed by atoms with Gasteiger partial charge in [-0.15, -0.1) is 0 Å². The lowest BCUT2D eigenvalue weighted by molar-refractivity contribution is 0.130. The van der Waals surface area contributed by atoms with Crippen molar-refractivity contribution in [2.75, 3.05) is 7.05 Å². The quantitative estimate of drug-likeness (QED) is 0.575. The minimum absolute atomic E-state index is 0.338. The van der Waals surface area contributed by atoms with Crippen LogP contribution < -0.4 is 9.44 Å². The molecule has 0 spiro atoms. The van der Waals surface area contributed by atoms with Gasteiger partial charge in [0.05, 0.1) is 6.10 Å². The van der Waals surface area contributed by atoms with Crippen LogP contribution in [-0.2, 0) is 10.2 Å². The molecule has 1 aliphatic rings. The second-order valence-electron chi connectivity index (χ2n) is 3.64. The van der Waals surface area contributed by atoms with Gasteiger partial charge < -0.3 is 5.11 Å². The van der Waals surface area contributed by atoms with Crippen molar-refractivity contribution in [2.24, 2.45) is 0 Å². The van der Waals surface area contributed by atoms with Crippen molar-refractivity contribution >= 4 is 10.2 Å². The van der Waals surface area contributed by atoms with Crippen LogP contribution in [-0.4, -0.2) is 32.7 Å². The molecule has 1 aliphatic carbocycles. The van der Waals surface area contributed by atoms with Gasteiger partial charge in [0, 0.05) is 13.1 Å². The van der Waals surface area contributed by atoms with Crippen LogP contribution in [0.4, 0.5) is 0 Å². The zero-order valence-corrected chi connectivity index (χ0v) is 9.18. The van der Waals surface area contributed by atoms with Crippen LogP contribution in [0.5, 0.6) is 0 Å². The summed E-state index contributed by atoms with van der Waals surface area (Å²) in [6.45, 7) is 0. The van der Waals surface area contributed by atoms with Gasteiger partial charge in [0.15, 0.2) is 0 Å². The smallest absolute Gasteiger partial charge is 0.276 e. The second-order valence-corrected chi connectivity index (χ2v) is 5.29. The average molecular weight is 222 g/mol. The first-order valence-electron chi connectivity index (χ1n) is 4.94. The van der Waals surface area contributed by atoms with Gasteiger partial charge in [-0.2, -0.15) is 13.1 Å². The van der Waals surface area contributed by atoms with Gasteiger partial charge in [-0.3, -0.25) is 0 Å². The van der Waals surface area contributed by atoms with Crippen molar-refractivity contribution in [1.29, 1.82) is 0 Å². The molecule has 0 aromatic rings. The Bertz CT molecular complexity index is 266. The highest BCUT2D eigenvalue weighted by atomic mass is 32.2. The summed E-state index contributed by atoms with van der Waals surface area (Å²) in [5.74, 6) is 0. The summed E-state index contributed by atoms with van der Waals surface area (Å²) in [6.07, 6.45) is 3.83. The Morgan fingerprint density at radius 2 is 1.86 bits per heavy atom. The zero-order chi connectivity index (χ0) is 10.6. The van der Waals surface area contributed by atoms with Gasteiger partial charge in [-0.25, -0.2) is 4.72 Å². The fraction of sp³-hybridized carbons (Fsp3) is 1.00. The van der Waals surface area contributed by atoms with E-state index in [0.29, 0.717) is 12.8 Å². The molecule has 0 aromatic carbocycles. The first-order valence-corrected chi connectivity index (χ1v) is 6.42. The van der Waals surface area contributed by atoms with Crippen LogP contribution in [0.3, 0.4) is 0 Å². The van der Waals surface area contributed by atoms with Crippen LogP contribution in [0.1, 0.15) is 32.1 Å². The number of nitrogens with one attached hydrogen (secondary N) is 2. The zero-order valence-electron chi connectivity index (χ0n) is 8.36. The molecular weight excluding hydrogens is 204 g/mol. The molecule has 3 N–H and O–H groups in total.